The molecule has 0 bridgehead atoms. The molecule has 0 spiro atoms. The summed E-state index contributed by atoms with van der Waals surface area (Å²) in [6, 6.07) is 7.72. The van der Waals surface area contributed by atoms with Crippen molar-refractivity contribution in [2.45, 2.75) is 38.9 Å². The van der Waals surface area contributed by atoms with E-state index in [-0.39, 0.29) is 29.6 Å². The molecule has 1 atom stereocenters. The second kappa shape index (κ2) is 11.9. The normalized spacial score (nSPS) is 20.2. The average Bonchev–Trinajstić information content (AvgIpc) is 2.99. The van der Waals surface area contributed by atoms with Crippen molar-refractivity contribution in [2.75, 3.05) is 32.8 Å². The highest BCUT2D eigenvalue weighted by molar-refractivity contribution is 14.0. The molecule has 25 heavy (non-hydrogen) atoms. The van der Waals surface area contributed by atoms with Crippen LogP contribution in [0.25, 0.3) is 0 Å². The molecule has 1 aromatic rings. The molecule has 1 fully saturated rings. The van der Waals surface area contributed by atoms with Gasteiger partial charge in [0.05, 0.1) is 25.4 Å². The summed E-state index contributed by atoms with van der Waals surface area (Å²) in [5.74, 6) is 0.806. The smallest absolute Gasteiger partial charge is 0.191 e. The van der Waals surface area contributed by atoms with Crippen molar-refractivity contribution in [1.82, 2.24) is 10.6 Å². The number of benzene rings is 1. The molecule has 2 N–H and O–H groups in total. The first kappa shape index (κ1) is 22.5. The molecule has 0 aliphatic carbocycles. The largest absolute Gasteiger partial charge is 0.375 e. The Balaban J connectivity index is 0.00000312. The van der Waals surface area contributed by atoms with Gasteiger partial charge < -0.3 is 20.1 Å². The van der Waals surface area contributed by atoms with E-state index in [1.807, 2.05) is 24.3 Å². The van der Waals surface area contributed by atoms with Gasteiger partial charge >= 0.3 is 0 Å². The minimum absolute atomic E-state index is 0. The molecule has 7 heteroatoms. The monoisotopic (exact) mass is 481 g/mol. The Hall–Kier alpha value is -0.570. The van der Waals surface area contributed by atoms with Crippen LogP contribution in [-0.4, -0.2) is 44.4 Å². The number of nitrogens with one attached hydrogen (secondary N) is 2. The van der Waals surface area contributed by atoms with Gasteiger partial charge in [-0.1, -0.05) is 23.7 Å². The molecule has 5 nitrogen and oxygen atoms in total. The lowest BCUT2D eigenvalue weighted by Gasteiger charge is -2.21. The topological polar surface area (TPSA) is 54.9 Å². The maximum Gasteiger partial charge on any atom is 0.191 e. The summed E-state index contributed by atoms with van der Waals surface area (Å²) < 4.78 is 11.4. The molecule has 1 unspecified atom stereocenters. The summed E-state index contributed by atoms with van der Waals surface area (Å²) >= 11 is 5.96. The van der Waals surface area contributed by atoms with E-state index in [1.165, 1.54) is 0 Å². The fourth-order valence-corrected chi connectivity index (χ4v) is 2.82. The highest BCUT2D eigenvalue weighted by Crippen LogP contribution is 2.24. The van der Waals surface area contributed by atoms with Crippen LogP contribution < -0.4 is 10.6 Å². The van der Waals surface area contributed by atoms with Crippen LogP contribution in [0.5, 0.6) is 0 Å². The van der Waals surface area contributed by atoms with Gasteiger partial charge in [0.1, 0.15) is 0 Å². The summed E-state index contributed by atoms with van der Waals surface area (Å²) in [6.07, 6.45) is 2.19. The minimum atomic E-state index is -0.120. The van der Waals surface area contributed by atoms with Crippen LogP contribution >= 0.6 is 35.6 Å². The molecular formula is C18H29ClIN3O2. The number of hydrogen-bond donors (Lipinski definition) is 2. The second-order valence-electron chi connectivity index (χ2n) is 6.21. The molecule has 0 amide bonds. The van der Waals surface area contributed by atoms with Gasteiger partial charge in [-0.15, -0.1) is 24.0 Å². The van der Waals surface area contributed by atoms with Crippen LogP contribution in [0.2, 0.25) is 5.02 Å². The van der Waals surface area contributed by atoms with Crippen LogP contribution in [0.15, 0.2) is 29.3 Å². The van der Waals surface area contributed by atoms with Crippen LogP contribution in [0.4, 0.5) is 0 Å². The summed E-state index contributed by atoms with van der Waals surface area (Å²) in [5, 5.41) is 7.28. The van der Waals surface area contributed by atoms with Gasteiger partial charge in [-0.25, -0.2) is 0 Å². The Morgan fingerprint density at radius 1 is 1.40 bits per heavy atom. The average molecular weight is 482 g/mol. The predicted octanol–water partition coefficient (Wildman–Crippen LogP) is 3.60. The fourth-order valence-electron chi connectivity index (χ4n) is 2.61. The second-order valence-corrected chi connectivity index (χ2v) is 6.64. The Kier molecular flexibility index (Phi) is 10.7. The Labute approximate surface area is 172 Å². The number of ether oxygens (including phenoxy) is 2. The van der Waals surface area contributed by atoms with E-state index < -0.39 is 0 Å². The van der Waals surface area contributed by atoms with Gasteiger partial charge in [0, 0.05) is 24.7 Å². The first-order chi connectivity index (χ1) is 11.6. The Morgan fingerprint density at radius 2 is 2.24 bits per heavy atom. The van der Waals surface area contributed by atoms with Crippen molar-refractivity contribution < 1.29 is 9.47 Å². The van der Waals surface area contributed by atoms with Gasteiger partial charge in [0.2, 0.25) is 0 Å². The van der Waals surface area contributed by atoms with Gasteiger partial charge in [-0.05, 0) is 44.4 Å². The Morgan fingerprint density at radius 3 is 2.92 bits per heavy atom. The van der Waals surface area contributed by atoms with E-state index in [1.54, 1.807) is 0 Å². The third kappa shape index (κ3) is 8.57. The number of guanidine groups is 1. The summed E-state index contributed by atoms with van der Waals surface area (Å²) in [4.78, 5) is 4.63. The molecule has 2 rings (SSSR count). The number of halogens is 2. The summed E-state index contributed by atoms with van der Waals surface area (Å²) in [7, 11) is 0. The molecule has 142 valence electrons. The van der Waals surface area contributed by atoms with Crippen LogP contribution in [0, 0.1) is 0 Å². The van der Waals surface area contributed by atoms with E-state index in [4.69, 9.17) is 21.1 Å². The van der Waals surface area contributed by atoms with E-state index in [0.717, 1.165) is 42.5 Å². The quantitative estimate of drug-likeness (QED) is 0.258. The zero-order valence-corrected chi connectivity index (χ0v) is 18.1. The highest BCUT2D eigenvalue weighted by atomic mass is 127. The standard InChI is InChI=1S/C18H28ClN3O2.HI/c1-3-20-17(22-14-18(2)8-5-10-24-18)21-9-11-23-13-15-6-4-7-16(19)12-15;/h4,6-7,12H,3,5,8-11,13-14H2,1-2H3,(H2,20,21,22);1H. The summed E-state index contributed by atoms with van der Waals surface area (Å²) in [6.45, 7) is 8.38. The number of nitrogens with zero attached hydrogens (tertiary/aromatic N) is 1. The van der Waals surface area contributed by atoms with Crippen LogP contribution in [0.1, 0.15) is 32.3 Å². The third-order valence-electron chi connectivity index (χ3n) is 3.91. The molecule has 1 aliphatic heterocycles. The zero-order chi connectivity index (χ0) is 17.3. The number of aliphatic imine (C=N–C) groups is 1. The van der Waals surface area contributed by atoms with Crippen LogP contribution in [0.3, 0.4) is 0 Å². The lowest BCUT2D eigenvalue weighted by Crippen LogP contribution is -2.40. The zero-order valence-electron chi connectivity index (χ0n) is 15.0. The molecule has 1 aliphatic rings. The van der Waals surface area contributed by atoms with Gasteiger partial charge in [-0.2, -0.15) is 0 Å². The van der Waals surface area contributed by atoms with E-state index in [0.29, 0.717) is 26.3 Å². The molecular weight excluding hydrogens is 453 g/mol. The number of rotatable bonds is 8. The van der Waals surface area contributed by atoms with Gasteiger partial charge in [0.15, 0.2) is 5.96 Å². The van der Waals surface area contributed by atoms with Gasteiger partial charge in [-0.3, -0.25) is 4.99 Å². The van der Waals surface area contributed by atoms with Crippen molar-refractivity contribution in [3.8, 4) is 0 Å². The maximum absolute atomic E-state index is 5.96. The lowest BCUT2D eigenvalue weighted by molar-refractivity contribution is 0.0283. The molecule has 1 saturated heterocycles. The molecule has 0 radical (unpaired) electrons. The molecule has 0 saturated carbocycles. The van der Waals surface area contributed by atoms with E-state index >= 15 is 0 Å². The van der Waals surface area contributed by atoms with Crippen molar-refractivity contribution in [1.29, 1.82) is 0 Å². The SMILES string of the molecule is CCNC(=NCC1(C)CCCO1)NCCOCc1cccc(Cl)c1.I. The van der Waals surface area contributed by atoms with E-state index in [9.17, 15) is 0 Å². The lowest BCUT2D eigenvalue weighted by atomic mass is 10.0. The van der Waals surface area contributed by atoms with Crippen molar-refractivity contribution in [3.63, 3.8) is 0 Å². The molecule has 0 aromatic heterocycles. The van der Waals surface area contributed by atoms with Crippen LogP contribution in [-0.2, 0) is 16.1 Å². The Bertz CT molecular complexity index is 537. The number of hydrogen-bond acceptors (Lipinski definition) is 3. The van der Waals surface area contributed by atoms with Gasteiger partial charge in [0.25, 0.3) is 0 Å². The highest BCUT2D eigenvalue weighted by Gasteiger charge is 2.29. The summed E-state index contributed by atoms with van der Waals surface area (Å²) in [5.41, 5.74) is 0.959. The maximum atomic E-state index is 5.96. The minimum Gasteiger partial charge on any atom is -0.375 e. The van der Waals surface area contributed by atoms with Crippen molar-refractivity contribution >= 4 is 41.5 Å². The van der Waals surface area contributed by atoms with E-state index in [2.05, 4.69) is 29.5 Å². The first-order valence-electron chi connectivity index (χ1n) is 8.60. The molecule has 1 aromatic carbocycles. The predicted molar refractivity (Wildman–Crippen MR) is 114 cm³/mol. The third-order valence-corrected chi connectivity index (χ3v) is 4.15. The van der Waals surface area contributed by atoms with Crippen molar-refractivity contribution in [2.24, 2.45) is 4.99 Å². The van der Waals surface area contributed by atoms with Crippen molar-refractivity contribution in [3.05, 3.63) is 34.9 Å². The first-order valence-corrected chi connectivity index (χ1v) is 8.97. The molecule has 1 heterocycles. The fraction of sp³-hybridized carbons (Fsp3) is 0.611.